The van der Waals surface area contributed by atoms with Crippen molar-refractivity contribution in [1.82, 2.24) is 4.98 Å². The number of allylic oxidation sites excluding steroid dienone is 2. The molecule has 0 spiro atoms. The van der Waals surface area contributed by atoms with E-state index in [1.807, 2.05) is 0 Å². The molecule has 0 unspecified atom stereocenters. The predicted molar refractivity (Wildman–Crippen MR) is 140 cm³/mol. The maximum atomic E-state index is 10.0. The molecule has 185 valence electrons. The first-order chi connectivity index (χ1) is 15.1. The van der Waals surface area contributed by atoms with Gasteiger partial charge in [0.25, 0.3) is 0 Å². The number of ketones is 1. The second-order valence-corrected chi connectivity index (χ2v) is 10.9. The van der Waals surface area contributed by atoms with E-state index in [2.05, 4.69) is 97.9 Å². The Morgan fingerprint density at radius 3 is 2.00 bits per heavy atom. The third kappa shape index (κ3) is 8.18. The molecule has 0 amide bonds. The summed E-state index contributed by atoms with van der Waals surface area (Å²) < 4.78 is 0. The van der Waals surface area contributed by atoms with E-state index in [-0.39, 0.29) is 42.5 Å². The van der Waals surface area contributed by atoms with Crippen molar-refractivity contribution in [2.24, 2.45) is 0 Å². The summed E-state index contributed by atoms with van der Waals surface area (Å²) in [5.74, 6) is -0.0625. The van der Waals surface area contributed by atoms with Gasteiger partial charge < -0.3 is 5.11 Å². The molecule has 4 heteroatoms. The average molecular weight is 637 g/mol. The molecule has 1 aromatic heterocycles. The van der Waals surface area contributed by atoms with Crippen LogP contribution in [0.3, 0.4) is 0 Å². The zero-order valence-corrected chi connectivity index (χ0v) is 24.6. The maximum absolute atomic E-state index is 10.0. The van der Waals surface area contributed by atoms with E-state index in [9.17, 15) is 4.79 Å². The quantitative estimate of drug-likeness (QED) is 0.177. The van der Waals surface area contributed by atoms with E-state index in [0.29, 0.717) is 0 Å². The fourth-order valence-electron chi connectivity index (χ4n) is 3.77. The van der Waals surface area contributed by atoms with E-state index >= 15 is 0 Å². The van der Waals surface area contributed by atoms with Crippen LogP contribution in [0.25, 0.3) is 22.2 Å². The van der Waals surface area contributed by atoms with E-state index in [1.54, 1.807) is 0 Å². The van der Waals surface area contributed by atoms with Crippen molar-refractivity contribution in [2.75, 3.05) is 0 Å². The summed E-state index contributed by atoms with van der Waals surface area (Å²) >= 11 is 0. The molecule has 0 saturated heterocycles. The monoisotopic (exact) mass is 637 g/mol. The van der Waals surface area contributed by atoms with Gasteiger partial charge in [-0.2, -0.15) is 0 Å². The van der Waals surface area contributed by atoms with Crippen LogP contribution in [-0.4, -0.2) is 15.9 Å². The summed E-state index contributed by atoms with van der Waals surface area (Å²) in [6, 6.07) is 16.8. The molecular weight excluding hydrogens is 599 g/mol. The first-order valence-electron chi connectivity index (χ1n) is 11.4. The molecule has 0 atom stereocenters. The number of aromatic nitrogens is 1. The molecule has 1 N–H and O–H groups in total. The number of hydrogen-bond donors (Lipinski definition) is 1. The first-order valence-corrected chi connectivity index (χ1v) is 11.4. The van der Waals surface area contributed by atoms with Gasteiger partial charge in [0.1, 0.15) is 0 Å². The summed E-state index contributed by atoms with van der Waals surface area (Å²) in [5.41, 5.74) is 8.42. The van der Waals surface area contributed by atoms with Gasteiger partial charge in [-0.05, 0) is 47.6 Å². The van der Waals surface area contributed by atoms with Gasteiger partial charge in [0.2, 0.25) is 0 Å². The van der Waals surface area contributed by atoms with Gasteiger partial charge in [0.05, 0.1) is 11.3 Å². The molecule has 1 heterocycles. The predicted octanol–water partition coefficient (Wildman–Crippen LogP) is 7.95. The Balaban J connectivity index is 0.000000633. The molecule has 0 aliphatic heterocycles. The molecule has 0 aliphatic carbocycles. The van der Waals surface area contributed by atoms with Gasteiger partial charge >= 0.3 is 0 Å². The molecule has 0 aliphatic rings. The summed E-state index contributed by atoms with van der Waals surface area (Å²) in [5, 5.41) is 9.61. The average Bonchev–Trinajstić information content (AvgIpc) is 2.63. The zero-order valence-electron chi connectivity index (χ0n) is 22.2. The minimum Gasteiger partial charge on any atom is -0.512 e. The van der Waals surface area contributed by atoms with Crippen molar-refractivity contribution in [3.05, 3.63) is 76.6 Å². The van der Waals surface area contributed by atoms with Crippen LogP contribution in [0.5, 0.6) is 0 Å². The Morgan fingerprint density at radius 2 is 1.56 bits per heavy atom. The number of nitrogens with zero attached hydrogens (tertiary/aromatic N) is 1. The maximum Gasteiger partial charge on any atom is 0.155 e. The van der Waals surface area contributed by atoms with Crippen molar-refractivity contribution in [3.63, 3.8) is 0 Å². The molecule has 3 nitrogen and oxygen atoms in total. The second kappa shape index (κ2) is 11.4. The van der Waals surface area contributed by atoms with Gasteiger partial charge in [-0.1, -0.05) is 73.6 Å². The number of rotatable bonds is 2. The van der Waals surface area contributed by atoms with Crippen LogP contribution in [0, 0.1) is 19.9 Å². The number of aliphatic hydroxyl groups excluding tert-OH is 1. The van der Waals surface area contributed by atoms with Crippen LogP contribution in [0.15, 0.2) is 48.2 Å². The Bertz CT molecular complexity index is 1170. The van der Waals surface area contributed by atoms with Gasteiger partial charge in [0, 0.05) is 31.6 Å². The zero-order chi connectivity index (χ0) is 25.1. The summed E-state index contributed by atoms with van der Waals surface area (Å²) in [6.45, 7) is 20.7. The molecule has 34 heavy (non-hydrogen) atoms. The van der Waals surface area contributed by atoms with Crippen molar-refractivity contribution < 1.29 is 30.0 Å². The van der Waals surface area contributed by atoms with E-state index in [0.717, 1.165) is 22.3 Å². The number of carbonyl (C=O) groups excluding carboxylic acids is 1. The fourth-order valence-corrected chi connectivity index (χ4v) is 3.77. The van der Waals surface area contributed by atoms with Gasteiger partial charge in [-0.15, -0.1) is 34.9 Å². The van der Waals surface area contributed by atoms with Crippen molar-refractivity contribution in [1.29, 1.82) is 0 Å². The number of carbonyl (C=O) groups is 1. The summed E-state index contributed by atoms with van der Waals surface area (Å²) in [7, 11) is 0. The molecule has 0 bridgehead atoms. The third-order valence-electron chi connectivity index (χ3n) is 5.32. The van der Waals surface area contributed by atoms with E-state index in [4.69, 9.17) is 10.1 Å². The number of hydrogen-bond acceptors (Lipinski definition) is 3. The van der Waals surface area contributed by atoms with Crippen LogP contribution in [0.1, 0.15) is 77.6 Å². The Kier molecular flexibility index (Phi) is 9.99. The van der Waals surface area contributed by atoms with Crippen LogP contribution in [-0.2, 0) is 35.7 Å². The Hall–Kier alpha value is -2.29. The topological polar surface area (TPSA) is 50.2 Å². The SMILES string of the molecule is CC(=O)/C=C(/C)O.Cc1[c-]c(-c2ccc3c(C(C)(C)C)cc(C(C)(C)C)cc3n2)cc(C)c1.[Ir]. The van der Waals surface area contributed by atoms with Crippen molar-refractivity contribution in [2.45, 2.75) is 80.1 Å². The Labute approximate surface area is 219 Å². The van der Waals surface area contributed by atoms with Gasteiger partial charge in [-0.25, -0.2) is 0 Å². The first kappa shape index (κ1) is 29.7. The molecule has 3 rings (SSSR count). The smallest absolute Gasteiger partial charge is 0.155 e. The number of benzene rings is 2. The third-order valence-corrected chi connectivity index (χ3v) is 5.32. The minimum atomic E-state index is -0.125. The molecular formula is C30H38IrNO2-. The molecule has 2 aromatic carbocycles. The Morgan fingerprint density at radius 1 is 0.941 bits per heavy atom. The van der Waals surface area contributed by atoms with E-state index in [1.165, 1.54) is 42.0 Å². The van der Waals surface area contributed by atoms with Crippen LogP contribution in [0.4, 0.5) is 0 Å². The van der Waals surface area contributed by atoms with Gasteiger partial charge in [0.15, 0.2) is 5.78 Å². The molecule has 0 fully saturated rings. The molecule has 0 saturated carbocycles. The van der Waals surface area contributed by atoms with E-state index < -0.39 is 0 Å². The standard InChI is InChI=1S/C25H30N.C5H8O2.Ir/c1-16-11-17(2)13-18(12-16)22-10-9-20-21(25(6,7)8)14-19(24(3,4)5)15-23(20)26-22;1-4(6)3-5(2)7;/h9-12,14-15H,1-8H3;3,6H,1-2H3;/q-1;;/b;4-3-;. The molecule has 1 radical (unpaired) electrons. The normalized spacial score (nSPS) is 12.0. The summed E-state index contributed by atoms with van der Waals surface area (Å²) in [4.78, 5) is 15.1. The number of fused-ring (bicyclic) bond motifs is 1. The van der Waals surface area contributed by atoms with Crippen molar-refractivity contribution >= 4 is 16.7 Å². The van der Waals surface area contributed by atoms with Crippen molar-refractivity contribution in [3.8, 4) is 11.3 Å². The largest absolute Gasteiger partial charge is 0.512 e. The second-order valence-electron chi connectivity index (χ2n) is 10.9. The molecule has 3 aromatic rings. The number of pyridine rings is 1. The van der Waals surface area contributed by atoms with Crippen LogP contribution >= 0.6 is 0 Å². The van der Waals surface area contributed by atoms with Crippen LogP contribution in [0.2, 0.25) is 0 Å². The number of aryl methyl sites for hydroxylation is 2. The number of aliphatic hydroxyl groups is 1. The van der Waals surface area contributed by atoms with Gasteiger partial charge in [-0.3, -0.25) is 9.78 Å². The minimum absolute atomic E-state index is 0. The van der Waals surface area contributed by atoms with Crippen LogP contribution < -0.4 is 0 Å². The fraction of sp³-hybridized carbons (Fsp3) is 0.400. The summed E-state index contributed by atoms with van der Waals surface area (Å²) in [6.07, 6.45) is 1.17.